The van der Waals surface area contributed by atoms with Crippen molar-refractivity contribution in [3.63, 3.8) is 0 Å². The molecule has 1 aliphatic carbocycles. The molecule has 0 aromatic heterocycles. The SMILES string of the molecule is O=C(NCC1CCCN1)C1(c2ccc(Br)cc2)CC1. The van der Waals surface area contributed by atoms with E-state index in [1.54, 1.807) is 0 Å². The van der Waals surface area contributed by atoms with Crippen LogP contribution in [0.2, 0.25) is 0 Å². The molecule has 1 aromatic carbocycles. The number of amides is 1. The van der Waals surface area contributed by atoms with Crippen LogP contribution in [0, 0.1) is 0 Å². The molecule has 2 aliphatic rings. The maximum atomic E-state index is 12.4. The Labute approximate surface area is 122 Å². The number of carbonyl (C=O) groups is 1. The first-order valence-corrected chi connectivity index (χ1v) is 7.78. The van der Waals surface area contributed by atoms with Gasteiger partial charge in [-0.3, -0.25) is 4.79 Å². The Bertz CT molecular complexity index is 462. The van der Waals surface area contributed by atoms with Gasteiger partial charge in [0.05, 0.1) is 5.41 Å². The van der Waals surface area contributed by atoms with Crippen molar-refractivity contribution in [3.8, 4) is 0 Å². The first kappa shape index (κ1) is 13.1. The number of hydrogen-bond donors (Lipinski definition) is 2. The molecular weight excluding hydrogens is 304 g/mol. The third-order valence-electron chi connectivity index (χ3n) is 4.25. The van der Waals surface area contributed by atoms with Crippen molar-refractivity contribution >= 4 is 21.8 Å². The zero-order valence-electron chi connectivity index (χ0n) is 10.9. The van der Waals surface area contributed by atoms with Gasteiger partial charge in [0.1, 0.15) is 0 Å². The van der Waals surface area contributed by atoms with Crippen LogP contribution in [0.15, 0.2) is 28.7 Å². The van der Waals surface area contributed by atoms with Crippen LogP contribution in [-0.2, 0) is 10.2 Å². The lowest BCUT2D eigenvalue weighted by atomic mass is 9.95. The van der Waals surface area contributed by atoms with Gasteiger partial charge in [0.15, 0.2) is 0 Å². The van der Waals surface area contributed by atoms with Gasteiger partial charge in [0.25, 0.3) is 0 Å². The van der Waals surface area contributed by atoms with Crippen molar-refractivity contribution < 1.29 is 4.79 Å². The second kappa shape index (κ2) is 5.25. The van der Waals surface area contributed by atoms with Gasteiger partial charge in [-0.25, -0.2) is 0 Å². The van der Waals surface area contributed by atoms with Gasteiger partial charge < -0.3 is 10.6 Å². The van der Waals surface area contributed by atoms with Crippen LogP contribution in [-0.4, -0.2) is 25.0 Å². The second-order valence-electron chi connectivity index (χ2n) is 5.59. The molecule has 4 heteroatoms. The van der Waals surface area contributed by atoms with Gasteiger partial charge in [-0.05, 0) is 49.9 Å². The van der Waals surface area contributed by atoms with Crippen LogP contribution in [0.4, 0.5) is 0 Å². The summed E-state index contributed by atoms with van der Waals surface area (Å²) < 4.78 is 1.06. The summed E-state index contributed by atoms with van der Waals surface area (Å²) in [5.74, 6) is 0.198. The zero-order valence-corrected chi connectivity index (χ0v) is 12.5. The van der Waals surface area contributed by atoms with Crippen LogP contribution in [0.1, 0.15) is 31.2 Å². The van der Waals surface area contributed by atoms with Gasteiger partial charge in [0, 0.05) is 17.1 Å². The van der Waals surface area contributed by atoms with E-state index in [-0.39, 0.29) is 11.3 Å². The number of halogens is 1. The Morgan fingerprint density at radius 3 is 2.68 bits per heavy atom. The summed E-state index contributed by atoms with van der Waals surface area (Å²) in [4.78, 5) is 12.4. The lowest BCUT2D eigenvalue weighted by Gasteiger charge is -2.18. The molecule has 1 aliphatic heterocycles. The van der Waals surface area contributed by atoms with Crippen LogP contribution in [0.25, 0.3) is 0 Å². The summed E-state index contributed by atoms with van der Waals surface area (Å²) in [6.45, 7) is 1.84. The standard InChI is InChI=1S/C15H19BrN2O/c16-12-5-3-11(4-6-12)15(7-8-15)14(19)18-10-13-2-1-9-17-13/h3-6,13,17H,1-2,7-10H2,(H,18,19). The fourth-order valence-electron chi connectivity index (χ4n) is 2.86. The molecule has 2 fully saturated rings. The maximum Gasteiger partial charge on any atom is 0.230 e. The highest BCUT2D eigenvalue weighted by molar-refractivity contribution is 9.10. The number of benzene rings is 1. The monoisotopic (exact) mass is 322 g/mol. The fraction of sp³-hybridized carbons (Fsp3) is 0.533. The Kier molecular flexibility index (Phi) is 3.63. The highest BCUT2D eigenvalue weighted by Crippen LogP contribution is 2.48. The molecule has 0 bridgehead atoms. The Hall–Kier alpha value is -0.870. The minimum absolute atomic E-state index is 0.198. The number of carbonyl (C=O) groups excluding carboxylic acids is 1. The maximum absolute atomic E-state index is 12.4. The van der Waals surface area contributed by atoms with Gasteiger partial charge in [0.2, 0.25) is 5.91 Å². The van der Waals surface area contributed by atoms with Crippen molar-refractivity contribution in [3.05, 3.63) is 34.3 Å². The van der Waals surface area contributed by atoms with E-state index in [0.717, 1.165) is 36.0 Å². The fourth-order valence-corrected chi connectivity index (χ4v) is 3.12. The van der Waals surface area contributed by atoms with Crippen molar-refractivity contribution in [2.75, 3.05) is 13.1 Å². The molecule has 1 unspecified atom stereocenters. The third-order valence-corrected chi connectivity index (χ3v) is 4.78. The minimum Gasteiger partial charge on any atom is -0.354 e. The molecular formula is C15H19BrN2O. The van der Waals surface area contributed by atoms with Crippen molar-refractivity contribution in [2.24, 2.45) is 0 Å². The Morgan fingerprint density at radius 1 is 1.37 bits per heavy atom. The molecule has 1 heterocycles. The molecule has 1 saturated carbocycles. The van der Waals surface area contributed by atoms with Crippen LogP contribution < -0.4 is 10.6 Å². The normalized spacial score (nSPS) is 24.2. The van der Waals surface area contributed by atoms with Gasteiger partial charge in [-0.15, -0.1) is 0 Å². The van der Waals surface area contributed by atoms with E-state index in [4.69, 9.17) is 0 Å². The molecule has 102 valence electrons. The average Bonchev–Trinajstić information content (AvgIpc) is 3.07. The number of rotatable bonds is 4. The molecule has 1 amide bonds. The first-order valence-electron chi connectivity index (χ1n) is 6.98. The number of hydrogen-bond acceptors (Lipinski definition) is 2. The van der Waals surface area contributed by atoms with E-state index in [2.05, 4.69) is 38.7 Å². The van der Waals surface area contributed by atoms with E-state index < -0.39 is 0 Å². The minimum atomic E-state index is -0.251. The molecule has 1 saturated heterocycles. The zero-order chi connectivity index (χ0) is 13.3. The van der Waals surface area contributed by atoms with Gasteiger partial charge >= 0.3 is 0 Å². The molecule has 1 aromatic rings. The quantitative estimate of drug-likeness (QED) is 0.893. The summed E-state index contributed by atoms with van der Waals surface area (Å²) >= 11 is 3.44. The van der Waals surface area contributed by atoms with Crippen LogP contribution in [0.5, 0.6) is 0 Å². The molecule has 1 atom stereocenters. The van der Waals surface area contributed by atoms with Gasteiger partial charge in [-0.2, -0.15) is 0 Å². The molecule has 0 spiro atoms. The highest BCUT2D eigenvalue weighted by atomic mass is 79.9. The summed E-state index contributed by atoms with van der Waals surface area (Å²) in [7, 11) is 0. The first-order chi connectivity index (χ1) is 9.21. The summed E-state index contributed by atoms with van der Waals surface area (Å²) in [6.07, 6.45) is 4.33. The van der Waals surface area contributed by atoms with E-state index in [1.165, 1.54) is 12.8 Å². The Morgan fingerprint density at radius 2 is 2.11 bits per heavy atom. The summed E-state index contributed by atoms with van der Waals surface area (Å²) in [5.41, 5.74) is 0.895. The van der Waals surface area contributed by atoms with E-state index in [0.29, 0.717) is 6.04 Å². The molecule has 3 nitrogen and oxygen atoms in total. The van der Waals surface area contributed by atoms with E-state index >= 15 is 0 Å². The van der Waals surface area contributed by atoms with Crippen LogP contribution >= 0.6 is 15.9 Å². The van der Waals surface area contributed by atoms with Crippen molar-refractivity contribution in [2.45, 2.75) is 37.1 Å². The summed E-state index contributed by atoms with van der Waals surface area (Å²) in [5, 5.41) is 6.54. The third kappa shape index (κ3) is 2.70. The second-order valence-corrected chi connectivity index (χ2v) is 6.51. The van der Waals surface area contributed by atoms with E-state index in [9.17, 15) is 4.79 Å². The molecule has 19 heavy (non-hydrogen) atoms. The highest BCUT2D eigenvalue weighted by Gasteiger charge is 2.51. The van der Waals surface area contributed by atoms with Gasteiger partial charge in [-0.1, -0.05) is 28.1 Å². The van der Waals surface area contributed by atoms with Crippen molar-refractivity contribution in [1.82, 2.24) is 10.6 Å². The average molecular weight is 323 g/mol. The largest absolute Gasteiger partial charge is 0.354 e. The summed E-state index contributed by atoms with van der Waals surface area (Å²) in [6, 6.07) is 8.61. The topological polar surface area (TPSA) is 41.1 Å². The van der Waals surface area contributed by atoms with Crippen LogP contribution in [0.3, 0.4) is 0 Å². The number of nitrogens with one attached hydrogen (secondary N) is 2. The van der Waals surface area contributed by atoms with E-state index in [1.807, 2.05) is 12.1 Å². The van der Waals surface area contributed by atoms with Crippen molar-refractivity contribution in [1.29, 1.82) is 0 Å². The lowest BCUT2D eigenvalue weighted by Crippen LogP contribution is -2.42. The lowest BCUT2D eigenvalue weighted by molar-refractivity contribution is -0.123. The Balaban J connectivity index is 1.63. The predicted molar refractivity (Wildman–Crippen MR) is 79.1 cm³/mol. The molecule has 2 N–H and O–H groups in total. The molecule has 3 rings (SSSR count). The molecule has 0 radical (unpaired) electrons. The predicted octanol–water partition coefficient (Wildman–Crippen LogP) is 2.35. The smallest absolute Gasteiger partial charge is 0.230 e.